The number of aryl methyl sites for hydroxylation is 1. The SMILES string of the molecule is CC(=O)N1CCN(C(=O)CCc2ccc(N3CCCCC3)cc2)CC1. The van der Waals surface area contributed by atoms with E-state index in [1.165, 1.54) is 30.5 Å². The number of nitrogens with zero attached hydrogens (tertiary/aromatic N) is 3. The van der Waals surface area contributed by atoms with Crippen molar-refractivity contribution in [3.63, 3.8) is 0 Å². The lowest BCUT2D eigenvalue weighted by atomic mass is 10.1. The number of amides is 2. The Morgan fingerprint density at radius 2 is 1.44 bits per heavy atom. The Bertz CT molecular complexity index is 585. The number of benzene rings is 1. The summed E-state index contributed by atoms with van der Waals surface area (Å²) in [6.07, 6.45) is 5.24. The molecule has 0 aromatic heterocycles. The third-order valence-corrected chi connectivity index (χ3v) is 5.36. The fourth-order valence-electron chi connectivity index (χ4n) is 3.71. The molecule has 2 heterocycles. The van der Waals surface area contributed by atoms with Crippen LogP contribution >= 0.6 is 0 Å². The number of hydrogen-bond donors (Lipinski definition) is 0. The smallest absolute Gasteiger partial charge is 0.223 e. The van der Waals surface area contributed by atoms with Gasteiger partial charge in [0.05, 0.1) is 0 Å². The second kappa shape index (κ2) is 8.37. The van der Waals surface area contributed by atoms with E-state index < -0.39 is 0 Å². The van der Waals surface area contributed by atoms with Crippen molar-refractivity contribution in [3.8, 4) is 0 Å². The predicted molar refractivity (Wildman–Crippen MR) is 99.7 cm³/mol. The molecule has 2 amide bonds. The van der Waals surface area contributed by atoms with Gasteiger partial charge in [0.15, 0.2) is 0 Å². The van der Waals surface area contributed by atoms with Gasteiger partial charge in [0.25, 0.3) is 0 Å². The molecule has 0 N–H and O–H groups in total. The molecule has 25 heavy (non-hydrogen) atoms. The van der Waals surface area contributed by atoms with Gasteiger partial charge < -0.3 is 14.7 Å². The third kappa shape index (κ3) is 4.74. The molecule has 0 radical (unpaired) electrons. The summed E-state index contributed by atoms with van der Waals surface area (Å²) in [6.45, 7) is 6.54. The van der Waals surface area contributed by atoms with E-state index in [1.807, 2.05) is 9.80 Å². The topological polar surface area (TPSA) is 43.9 Å². The first-order valence-corrected chi connectivity index (χ1v) is 9.50. The van der Waals surface area contributed by atoms with Gasteiger partial charge in [-0.05, 0) is 43.4 Å². The molecule has 136 valence electrons. The van der Waals surface area contributed by atoms with Crippen molar-refractivity contribution in [2.45, 2.75) is 39.0 Å². The number of rotatable bonds is 4. The summed E-state index contributed by atoms with van der Waals surface area (Å²) in [7, 11) is 0. The van der Waals surface area contributed by atoms with E-state index in [0.717, 1.165) is 19.5 Å². The number of piperazine rings is 1. The summed E-state index contributed by atoms with van der Waals surface area (Å²) >= 11 is 0. The summed E-state index contributed by atoms with van der Waals surface area (Å²) in [4.78, 5) is 29.9. The lowest BCUT2D eigenvalue weighted by Crippen LogP contribution is -2.50. The lowest BCUT2D eigenvalue weighted by molar-refractivity contribution is -0.138. The van der Waals surface area contributed by atoms with Gasteiger partial charge in [-0.25, -0.2) is 0 Å². The van der Waals surface area contributed by atoms with Crippen molar-refractivity contribution in [2.24, 2.45) is 0 Å². The highest BCUT2D eigenvalue weighted by atomic mass is 16.2. The highest BCUT2D eigenvalue weighted by Crippen LogP contribution is 2.20. The molecule has 0 unspecified atom stereocenters. The summed E-state index contributed by atoms with van der Waals surface area (Å²) in [5.41, 5.74) is 2.52. The summed E-state index contributed by atoms with van der Waals surface area (Å²) in [5.74, 6) is 0.296. The molecule has 5 nitrogen and oxygen atoms in total. The van der Waals surface area contributed by atoms with E-state index >= 15 is 0 Å². The van der Waals surface area contributed by atoms with Gasteiger partial charge in [0, 0.05) is 58.3 Å². The minimum Gasteiger partial charge on any atom is -0.372 e. The van der Waals surface area contributed by atoms with Crippen LogP contribution in [0.3, 0.4) is 0 Å². The number of anilines is 1. The molecule has 2 aliphatic rings. The van der Waals surface area contributed by atoms with Crippen LogP contribution in [0, 0.1) is 0 Å². The van der Waals surface area contributed by atoms with E-state index in [4.69, 9.17) is 0 Å². The van der Waals surface area contributed by atoms with Crippen LogP contribution in [0.4, 0.5) is 5.69 Å². The summed E-state index contributed by atoms with van der Waals surface area (Å²) < 4.78 is 0. The van der Waals surface area contributed by atoms with E-state index in [1.54, 1.807) is 6.92 Å². The molecule has 2 saturated heterocycles. The number of hydrogen-bond acceptors (Lipinski definition) is 3. The fraction of sp³-hybridized carbons (Fsp3) is 0.600. The highest BCUT2D eigenvalue weighted by molar-refractivity contribution is 5.77. The molecule has 3 rings (SSSR count). The minimum atomic E-state index is 0.0981. The van der Waals surface area contributed by atoms with Gasteiger partial charge in [0.2, 0.25) is 11.8 Å². The van der Waals surface area contributed by atoms with E-state index in [9.17, 15) is 9.59 Å². The molecule has 1 aromatic rings. The van der Waals surface area contributed by atoms with E-state index in [-0.39, 0.29) is 11.8 Å². The second-order valence-electron chi connectivity index (χ2n) is 7.10. The zero-order valence-electron chi connectivity index (χ0n) is 15.2. The van der Waals surface area contributed by atoms with Crippen LogP contribution in [0.2, 0.25) is 0 Å². The first-order chi connectivity index (χ1) is 12.1. The van der Waals surface area contributed by atoms with Crippen LogP contribution in [0.5, 0.6) is 0 Å². The molecule has 2 aliphatic heterocycles. The third-order valence-electron chi connectivity index (χ3n) is 5.36. The summed E-state index contributed by atoms with van der Waals surface area (Å²) in [5, 5.41) is 0. The Labute approximate surface area is 150 Å². The Morgan fingerprint density at radius 1 is 0.840 bits per heavy atom. The quantitative estimate of drug-likeness (QED) is 0.843. The Morgan fingerprint density at radius 3 is 2.04 bits per heavy atom. The van der Waals surface area contributed by atoms with Crippen LogP contribution in [-0.4, -0.2) is 60.9 Å². The average Bonchev–Trinajstić information content (AvgIpc) is 2.67. The van der Waals surface area contributed by atoms with Gasteiger partial charge in [-0.2, -0.15) is 0 Å². The number of carbonyl (C=O) groups excluding carboxylic acids is 2. The Kier molecular flexibility index (Phi) is 5.95. The molecule has 5 heteroatoms. The maximum atomic E-state index is 12.4. The van der Waals surface area contributed by atoms with Crippen molar-refractivity contribution in [1.29, 1.82) is 0 Å². The molecule has 0 spiro atoms. The van der Waals surface area contributed by atoms with Crippen LogP contribution in [-0.2, 0) is 16.0 Å². The monoisotopic (exact) mass is 343 g/mol. The molecule has 1 aromatic carbocycles. The molecule has 0 aliphatic carbocycles. The normalized spacial score (nSPS) is 18.4. The molecule has 0 saturated carbocycles. The maximum absolute atomic E-state index is 12.4. The van der Waals surface area contributed by atoms with Gasteiger partial charge in [-0.3, -0.25) is 9.59 Å². The van der Waals surface area contributed by atoms with Gasteiger partial charge in [-0.1, -0.05) is 12.1 Å². The fourth-order valence-corrected chi connectivity index (χ4v) is 3.71. The van der Waals surface area contributed by atoms with Crippen molar-refractivity contribution in [1.82, 2.24) is 9.80 Å². The lowest BCUT2D eigenvalue weighted by Gasteiger charge is -2.34. The van der Waals surface area contributed by atoms with Crippen molar-refractivity contribution in [3.05, 3.63) is 29.8 Å². The van der Waals surface area contributed by atoms with Crippen LogP contribution in [0.15, 0.2) is 24.3 Å². The van der Waals surface area contributed by atoms with Gasteiger partial charge in [0.1, 0.15) is 0 Å². The van der Waals surface area contributed by atoms with Crippen molar-refractivity contribution in [2.75, 3.05) is 44.2 Å². The number of piperidine rings is 1. The Balaban J connectivity index is 1.45. The number of carbonyl (C=O) groups is 2. The predicted octanol–water partition coefficient (Wildman–Crippen LogP) is 2.30. The van der Waals surface area contributed by atoms with Gasteiger partial charge >= 0.3 is 0 Å². The molecular weight excluding hydrogens is 314 g/mol. The molecular formula is C20H29N3O2. The average molecular weight is 343 g/mol. The highest BCUT2D eigenvalue weighted by Gasteiger charge is 2.22. The summed E-state index contributed by atoms with van der Waals surface area (Å²) in [6, 6.07) is 8.70. The molecule has 0 bridgehead atoms. The van der Waals surface area contributed by atoms with Crippen LogP contribution < -0.4 is 4.90 Å². The first-order valence-electron chi connectivity index (χ1n) is 9.50. The standard InChI is InChI=1S/C20H29N3O2/c1-17(24)21-13-15-23(16-14-21)20(25)10-7-18-5-8-19(9-6-18)22-11-3-2-4-12-22/h5-6,8-9H,2-4,7,10-16H2,1H3. The van der Waals surface area contributed by atoms with E-state index in [2.05, 4.69) is 29.2 Å². The second-order valence-corrected chi connectivity index (χ2v) is 7.10. The zero-order chi connectivity index (χ0) is 17.6. The maximum Gasteiger partial charge on any atom is 0.223 e. The Hall–Kier alpha value is -2.04. The first kappa shape index (κ1) is 17.8. The largest absolute Gasteiger partial charge is 0.372 e. The van der Waals surface area contributed by atoms with Crippen molar-refractivity contribution < 1.29 is 9.59 Å². The minimum absolute atomic E-state index is 0.0981. The van der Waals surface area contributed by atoms with E-state index in [0.29, 0.717) is 32.6 Å². The zero-order valence-corrected chi connectivity index (χ0v) is 15.2. The van der Waals surface area contributed by atoms with Crippen molar-refractivity contribution >= 4 is 17.5 Å². The van der Waals surface area contributed by atoms with Crippen LogP contribution in [0.25, 0.3) is 0 Å². The van der Waals surface area contributed by atoms with Crippen LogP contribution in [0.1, 0.15) is 38.2 Å². The molecule has 0 atom stereocenters. The van der Waals surface area contributed by atoms with Gasteiger partial charge in [-0.15, -0.1) is 0 Å². The molecule has 2 fully saturated rings.